The number of carbonyl (C=O) groups excluding carboxylic acids is 1. The van der Waals surface area contributed by atoms with Gasteiger partial charge in [-0.25, -0.2) is 0 Å². The van der Waals surface area contributed by atoms with Gasteiger partial charge < -0.3 is 20.5 Å². The predicted octanol–water partition coefficient (Wildman–Crippen LogP) is 1.38. The van der Waals surface area contributed by atoms with E-state index in [4.69, 9.17) is 15.2 Å². The predicted molar refractivity (Wildman–Crippen MR) is 76.5 cm³/mol. The molecule has 1 amide bonds. The molecule has 0 radical (unpaired) electrons. The molecule has 1 fully saturated rings. The Bertz CT molecular complexity index is 447. The van der Waals surface area contributed by atoms with Crippen LogP contribution >= 0.6 is 0 Å². The Balaban J connectivity index is 1.90. The fourth-order valence-electron chi connectivity index (χ4n) is 2.35. The summed E-state index contributed by atoms with van der Waals surface area (Å²) in [4.78, 5) is 12.1. The van der Waals surface area contributed by atoms with E-state index in [0.29, 0.717) is 6.54 Å². The number of nitrogens with one attached hydrogen (secondary N) is 1. The highest BCUT2D eigenvalue weighted by Crippen LogP contribution is 2.21. The molecule has 3 atom stereocenters. The normalized spacial score (nSPS) is 23.4. The summed E-state index contributed by atoms with van der Waals surface area (Å²) < 4.78 is 10.7. The molecule has 5 heteroatoms. The van der Waals surface area contributed by atoms with Gasteiger partial charge in [0.25, 0.3) is 0 Å². The molecule has 1 aliphatic rings. The number of amides is 1. The second-order valence-electron chi connectivity index (χ2n) is 5.06. The molecule has 3 N–H and O–H groups in total. The molecule has 1 saturated heterocycles. The molecule has 1 heterocycles. The van der Waals surface area contributed by atoms with Crippen molar-refractivity contribution in [2.75, 3.05) is 13.7 Å². The smallest absolute Gasteiger partial charge is 0.249 e. The van der Waals surface area contributed by atoms with Gasteiger partial charge in [-0.2, -0.15) is 0 Å². The van der Waals surface area contributed by atoms with E-state index in [9.17, 15) is 4.79 Å². The molecule has 1 aromatic carbocycles. The monoisotopic (exact) mass is 278 g/mol. The van der Waals surface area contributed by atoms with Crippen LogP contribution in [0, 0.1) is 0 Å². The van der Waals surface area contributed by atoms with Crippen molar-refractivity contribution in [3.05, 3.63) is 29.8 Å². The zero-order valence-corrected chi connectivity index (χ0v) is 12.0. The Kier molecular flexibility index (Phi) is 4.98. The number of methoxy groups -OCH3 is 1. The highest BCUT2D eigenvalue weighted by Gasteiger charge is 2.30. The van der Waals surface area contributed by atoms with Crippen molar-refractivity contribution in [3.63, 3.8) is 0 Å². The van der Waals surface area contributed by atoms with E-state index in [-0.39, 0.29) is 24.2 Å². The van der Waals surface area contributed by atoms with E-state index in [2.05, 4.69) is 5.32 Å². The first-order valence-corrected chi connectivity index (χ1v) is 6.94. The minimum Gasteiger partial charge on any atom is -0.497 e. The summed E-state index contributed by atoms with van der Waals surface area (Å²) >= 11 is 0. The van der Waals surface area contributed by atoms with E-state index >= 15 is 0 Å². The van der Waals surface area contributed by atoms with Crippen LogP contribution < -0.4 is 15.8 Å². The Morgan fingerprint density at radius 1 is 1.45 bits per heavy atom. The van der Waals surface area contributed by atoms with Gasteiger partial charge in [0.2, 0.25) is 5.91 Å². The third-order valence-electron chi connectivity index (χ3n) is 3.64. The van der Waals surface area contributed by atoms with Gasteiger partial charge in [-0.1, -0.05) is 12.1 Å². The van der Waals surface area contributed by atoms with Crippen LogP contribution in [-0.4, -0.2) is 31.8 Å². The Labute approximate surface area is 119 Å². The number of nitrogens with two attached hydrogens (primary N) is 1. The fraction of sp³-hybridized carbons (Fsp3) is 0.533. The Morgan fingerprint density at radius 3 is 2.70 bits per heavy atom. The molecular weight excluding hydrogens is 256 g/mol. The molecule has 20 heavy (non-hydrogen) atoms. The van der Waals surface area contributed by atoms with Crippen molar-refractivity contribution in [1.29, 1.82) is 0 Å². The maximum absolute atomic E-state index is 12.1. The fourth-order valence-corrected chi connectivity index (χ4v) is 2.35. The second-order valence-corrected chi connectivity index (χ2v) is 5.06. The second kappa shape index (κ2) is 6.72. The number of hydrogen-bond donors (Lipinski definition) is 2. The summed E-state index contributed by atoms with van der Waals surface area (Å²) in [7, 11) is 1.63. The topological polar surface area (TPSA) is 73.6 Å². The molecule has 5 nitrogen and oxygen atoms in total. The van der Waals surface area contributed by atoms with Crippen LogP contribution in [0.15, 0.2) is 24.3 Å². The number of carbonyl (C=O) groups is 1. The minimum atomic E-state index is -0.371. The Hall–Kier alpha value is -1.59. The highest BCUT2D eigenvalue weighted by atomic mass is 16.5. The largest absolute Gasteiger partial charge is 0.497 e. The van der Waals surface area contributed by atoms with E-state index in [1.54, 1.807) is 7.11 Å². The number of hydrogen-bond acceptors (Lipinski definition) is 4. The summed E-state index contributed by atoms with van der Waals surface area (Å²) in [5.74, 6) is 0.737. The average molecular weight is 278 g/mol. The van der Waals surface area contributed by atoms with Crippen molar-refractivity contribution in [2.24, 2.45) is 5.73 Å². The quantitative estimate of drug-likeness (QED) is 0.853. The molecule has 3 unspecified atom stereocenters. The number of ether oxygens (including phenoxy) is 2. The summed E-state index contributed by atoms with van der Waals surface area (Å²) in [6, 6.07) is 7.60. The average Bonchev–Trinajstić information content (AvgIpc) is 2.96. The van der Waals surface area contributed by atoms with Crippen molar-refractivity contribution in [3.8, 4) is 5.75 Å². The van der Waals surface area contributed by atoms with Crippen LogP contribution in [0.2, 0.25) is 0 Å². The maximum atomic E-state index is 12.1. The number of rotatable bonds is 5. The zero-order valence-electron chi connectivity index (χ0n) is 12.0. The van der Waals surface area contributed by atoms with Gasteiger partial charge in [0.1, 0.15) is 11.9 Å². The van der Waals surface area contributed by atoms with Gasteiger partial charge in [0, 0.05) is 6.54 Å². The first-order valence-electron chi connectivity index (χ1n) is 6.94. The summed E-state index contributed by atoms with van der Waals surface area (Å²) in [5.41, 5.74) is 6.58. The first-order chi connectivity index (χ1) is 9.63. The van der Waals surface area contributed by atoms with E-state index < -0.39 is 0 Å². The lowest BCUT2D eigenvalue weighted by atomic mass is 10.1. The van der Waals surface area contributed by atoms with Crippen molar-refractivity contribution in [2.45, 2.75) is 38.0 Å². The number of benzene rings is 1. The van der Waals surface area contributed by atoms with E-state index in [1.807, 2.05) is 31.2 Å². The van der Waals surface area contributed by atoms with Crippen molar-refractivity contribution >= 4 is 5.91 Å². The molecule has 0 saturated carbocycles. The van der Waals surface area contributed by atoms with Crippen LogP contribution in [0.4, 0.5) is 0 Å². The minimum absolute atomic E-state index is 0.0158. The molecule has 1 aromatic rings. The van der Waals surface area contributed by atoms with Crippen LogP contribution in [0.1, 0.15) is 31.4 Å². The molecule has 110 valence electrons. The standard InChI is InChI=1S/C15H22N2O3/c1-10(11-3-5-12(19-2)6-4-11)17-15(18)14-8-7-13(9-16)20-14/h3-6,10,13-14H,7-9,16H2,1-2H3,(H,17,18). The SMILES string of the molecule is COc1ccc(C(C)NC(=O)C2CCC(CN)O2)cc1. The van der Waals surface area contributed by atoms with Gasteiger partial charge in [-0.05, 0) is 37.5 Å². The van der Waals surface area contributed by atoms with Crippen LogP contribution in [0.5, 0.6) is 5.75 Å². The van der Waals surface area contributed by atoms with Gasteiger partial charge >= 0.3 is 0 Å². The highest BCUT2D eigenvalue weighted by molar-refractivity contribution is 5.81. The zero-order chi connectivity index (χ0) is 14.5. The lowest BCUT2D eigenvalue weighted by molar-refractivity contribution is -0.132. The third kappa shape index (κ3) is 3.49. The first kappa shape index (κ1) is 14.8. The van der Waals surface area contributed by atoms with E-state index in [1.165, 1.54) is 0 Å². The van der Waals surface area contributed by atoms with Crippen LogP contribution in [-0.2, 0) is 9.53 Å². The van der Waals surface area contributed by atoms with Gasteiger partial charge in [0.05, 0.1) is 19.3 Å². The molecule has 0 spiro atoms. The Morgan fingerprint density at radius 2 is 2.15 bits per heavy atom. The molecule has 0 bridgehead atoms. The summed E-state index contributed by atoms with van der Waals surface area (Å²) in [6.45, 7) is 2.42. The van der Waals surface area contributed by atoms with Crippen molar-refractivity contribution < 1.29 is 14.3 Å². The maximum Gasteiger partial charge on any atom is 0.249 e. The lowest BCUT2D eigenvalue weighted by Crippen LogP contribution is -2.36. The molecule has 0 aromatic heterocycles. The summed E-state index contributed by atoms with van der Waals surface area (Å²) in [5, 5.41) is 2.97. The van der Waals surface area contributed by atoms with Crippen LogP contribution in [0.25, 0.3) is 0 Å². The summed E-state index contributed by atoms with van der Waals surface area (Å²) in [6.07, 6.45) is 1.24. The molecule has 0 aliphatic carbocycles. The van der Waals surface area contributed by atoms with E-state index in [0.717, 1.165) is 24.2 Å². The third-order valence-corrected chi connectivity index (χ3v) is 3.64. The van der Waals surface area contributed by atoms with Gasteiger partial charge in [-0.3, -0.25) is 4.79 Å². The van der Waals surface area contributed by atoms with Crippen LogP contribution in [0.3, 0.4) is 0 Å². The van der Waals surface area contributed by atoms with Gasteiger partial charge in [-0.15, -0.1) is 0 Å². The van der Waals surface area contributed by atoms with Crippen molar-refractivity contribution in [1.82, 2.24) is 5.32 Å². The molecule has 1 aliphatic heterocycles. The molecular formula is C15H22N2O3. The molecule has 2 rings (SSSR count). The van der Waals surface area contributed by atoms with Gasteiger partial charge in [0.15, 0.2) is 0 Å². The lowest BCUT2D eigenvalue weighted by Gasteiger charge is -2.18.